The molecule has 0 spiro atoms. The number of hydrogen-bond acceptors (Lipinski definition) is 14. The number of hydrogen-bond donors (Lipinski definition) is 13. The number of aromatic nitrogens is 1. The number of nitrogens with two attached hydrogens (primary N) is 1. The van der Waals surface area contributed by atoms with E-state index in [1.165, 1.54) is 25.1 Å². The molecule has 1 aromatic heterocycles. The van der Waals surface area contributed by atoms with E-state index in [-0.39, 0.29) is 27.2 Å². The number of phenols is 1. The number of aliphatic hydroxyl groups excluding tert-OH is 3. The van der Waals surface area contributed by atoms with Crippen molar-refractivity contribution in [2.45, 2.75) is 99.9 Å². The van der Waals surface area contributed by atoms with Crippen molar-refractivity contribution in [3.63, 3.8) is 0 Å². The number of amides is 9. The Labute approximate surface area is 368 Å². The summed E-state index contributed by atoms with van der Waals surface area (Å²) in [6.07, 6.45) is -4.42. The van der Waals surface area contributed by atoms with Crippen molar-refractivity contribution in [2.75, 3.05) is 32.0 Å². The number of phenolic OH excluding ortho intramolecular Hbond substituents is 1. The molecular formula is C39H54N10O14S. The number of H-pyrrole nitrogens is 1. The number of rotatable bonds is 7. The molecule has 350 valence electrons. The molecule has 0 aliphatic carbocycles. The van der Waals surface area contributed by atoms with Crippen molar-refractivity contribution in [3.8, 4) is 5.75 Å². The van der Waals surface area contributed by atoms with Crippen LogP contribution in [0.4, 0.5) is 0 Å². The second kappa shape index (κ2) is 21.0. The highest BCUT2D eigenvalue weighted by molar-refractivity contribution is 7.85. The van der Waals surface area contributed by atoms with Crippen LogP contribution in [0.2, 0.25) is 0 Å². The number of fused-ring (bicyclic) bond motifs is 5. The van der Waals surface area contributed by atoms with E-state index in [4.69, 9.17) is 5.73 Å². The lowest BCUT2D eigenvalue weighted by molar-refractivity contribution is -0.144. The van der Waals surface area contributed by atoms with Crippen LogP contribution in [0.5, 0.6) is 5.75 Å². The maximum atomic E-state index is 14.6. The van der Waals surface area contributed by atoms with Gasteiger partial charge in [0.1, 0.15) is 47.0 Å². The Morgan fingerprint density at radius 3 is 2.20 bits per heavy atom. The molecule has 1 fully saturated rings. The van der Waals surface area contributed by atoms with Crippen LogP contribution in [0, 0.1) is 11.8 Å². The first-order valence-corrected chi connectivity index (χ1v) is 21.9. The van der Waals surface area contributed by atoms with Crippen LogP contribution >= 0.6 is 0 Å². The van der Waals surface area contributed by atoms with Crippen molar-refractivity contribution in [3.05, 3.63) is 23.8 Å². The summed E-state index contributed by atoms with van der Waals surface area (Å²) < 4.78 is 14.6. The van der Waals surface area contributed by atoms with E-state index < -0.39 is 176 Å². The molecule has 2 bridgehead atoms. The highest BCUT2D eigenvalue weighted by Crippen LogP contribution is 2.30. The van der Waals surface area contributed by atoms with E-state index in [0.29, 0.717) is 6.42 Å². The summed E-state index contributed by atoms with van der Waals surface area (Å²) in [6.45, 7) is 1.76. The monoisotopic (exact) mass is 918 g/mol. The largest absolute Gasteiger partial charge is 0.508 e. The van der Waals surface area contributed by atoms with Gasteiger partial charge in [-0.25, -0.2) is 0 Å². The fraction of sp³-hybridized carbons (Fsp3) is 0.564. The lowest BCUT2D eigenvalue weighted by Crippen LogP contribution is -2.62. The number of aliphatic hydroxyl groups is 3. The fourth-order valence-electron chi connectivity index (χ4n) is 7.70. The van der Waals surface area contributed by atoms with Crippen LogP contribution in [0.3, 0.4) is 0 Å². The third kappa shape index (κ3) is 11.5. The average molecular weight is 919 g/mol. The Bertz CT molecular complexity index is 2200. The van der Waals surface area contributed by atoms with Crippen LogP contribution < -0.4 is 43.0 Å². The molecule has 5 rings (SSSR count). The quantitative estimate of drug-likeness (QED) is 0.123. The molecule has 25 heteroatoms. The third-order valence-electron chi connectivity index (χ3n) is 11.5. The summed E-state index contributed by atoms with van der Waals surface area (Å²) >= 11 is 0. The number of primary amides is 1. The molecule has 2 aromatic rings. The number of aromatic hydroxyl groups is 1. The van der Waals surface area contributed by atoms with Gasteiger partial charge in [-0.1, -0.05) is 27.2 Å². The van der Waals surface area contributed by atoms with Crippen molar-refractivity contribution in [2.24, 2.45) is 17.6 Å². The molecule has 3 aliphatic rings. The van der Waals surface area contributed by atoms with Gasteiger partial charge in [0.25, 0.3) is 0 Å². The Morgan fingerprint density at radius 1 is 0.875 bits per heavy atom. The van der Waals surface area contributed by atoms with Crippen LogP contribution in [0.1, 0.15) is 45.6 Å². The van der Waals surface area contributed by atoms with Gasteiger partial charge in [-0.05, 0) is 23.6 Å². The normalized spacial score (nSPS) is 28.5. The lowest BCUT2D eigenvalue weighted by atomic mass is 9.93. The number of carbonyl (C=O) groups excluding carboxylic acids is 9. The average Bonchev–Trinajstić information content (AvgIpc) is 3.82. The van der Waals surface area contributed by atoms with Crippen molar-refractivity contribution in [1.29, 1.82) is 0 Å². The Kier molecular flexibility index (Phi) is 16.0. The summed E-state index contributed by atoms with van der Waals surface area (Å²) in [5.41, 5.74) is 5.73. The third-order valence-corrected chi connectivity index (χ3v) is 13.0. The van der Waals surface area contributed by atoms with E-state index >= 15 is 0 Å². The first-order chi connectivity index (χ1) is 30.2. The van der Waals surface area contributed by atoms with E-state index in [0.717, 1.165) is 4.90 Å². The summed E-state index contributed by atoms with van der Waals surface area (Å²) in [5, 5.41) is 58.8. The highest BCUT2D eigenvalue weighted by atomic mass is 32.2. The van der Waals surface area contributed by atoms with Gasteiger partial charge in [0.15, 0.2) is 0 Å². The molecule has 1 saturated heterocycles. The zero-order valence-electron chi connectivity index (χ0n) is 35.2. The van der Waals surface area contributed by atoms with Crippen molar-refractivity contribution >= 4 is 74.9 Å². The Hall–Kier alpha value is -6.18. The molecular weight excluding hydrogens is 865 g/mol. The second-order valence-electron chi connectivity index (χ2n) is 16.1. The van der Waals surface area contributed by atoms with Crippen molar-refractivity contribution in [1.82, 2.24) is 47.1 Å². The minimum absolute atomic E-state index is 0.0800. The van der Waals surface area contributed by atoms with Gasteiger partial charge in [0, 0.05) is 36.8 Å². The predicted molar refractivity (Wildman–Crippen MR) is 222 cm³/mol. The second-order valence-corrected chi connectivity index (χ2v) is 17.6. The van der Waals surface area contributed by atoms with Crippen molar-refractivity contribution < 1.29 is 67.8 Å². The van der Waals surface area contributed by atoms with Gasteiger partial charge in [-0.15, -0.1) is 0 Å². The van der Waals surface area contributed by atoms with E-state index in [1.807, 2.05) is 0 Å². The van der Waals surface area contributed by atoms with Crippen LogP contribution in [0.25, 0.3) is 10.9 Å². The zero-order valence-corrected chi connectivity index (χ0v) is 36.0. The molecule has 3 aliphatic heterocycles. The lowest BCUT2D eigenvalue weighted by Gasteiger charge is -2.32. The molecule has 14 N–H and O–H groups in total. The minimum atomic E-state index is -2.38. The molecule has 1 aromatic carbocycles. The molecule has 9 amide bonds. The standard InChI is InChI=1S/C39H54N10O14S/c1-4-16(2)31-36(60)42-11-29(55)43-25-15-64(63)38-21(20-6-5-18(51)7-22(20)46-38)9-23(33(57)41-12-30(56)47-31)44-37(61)32(17(3)27(53)14-50)48-35(59)26-8-19(52)13-49(26)39(62)24(10-28(40)54)45-34(25)58/h5-7,16-17,19,23-27,31-32,46,50-53H,4,8-15H2,1-3H3,(H2,40,54)(H,41,57)(H,42,60)(H,43,55)(H,44,61)(H,45,58)(H,47,56)(H,48,59)/t16-,17-,19?,23?,24-,25?,26-,27-,31-,32-,64?/m0/s1. The van der Waals surface area contributed by atoms with E-state index in [2.05, 4.69) is 42.2 Å². The van der Waals surface area contributed by atoms with Gasteiger partial charge >= 0.3 is 0 Å². The Morgan fingerprint density at radius 2 is 1.55 bits per heavy atom. The molecule has 4 unspecified atom stereocenters. The number of nitrogens with zero attached hydrogens (tertiary/aromatic N) is 1. The number of benzene rings is 1. The summed E-state index contributed by atoms with van der Waals surface area (Å²) in [7, 11) is -2.38. The molecule has 4 heterocycles. The maximum Gasteiger partial charge on any atom is 0.246 e. The number of nitrogens with one attached hydrogen (secondary N) is 8. The molecule has 11 atom stereocenters. The predicted octanol–water partition coefficient (Wildman–Crippen LogP) is -5.92. The fourth-order valence-corrected chi connectivity index (χ4v) is 9.10. The topological polar surface area (TPSA) is 381 Å². The van der Waals surface area contributed by atoms with Crippen LogP contribution in [-0.4, -0.2) is 168 Å². The van der Waals surface area contributed by atoms with E-state index in [1.54, 1.807) is 13.8 Å². The zero-order chi connectivity index (χ0) is 47.2. The van der Waals surface area contributed by atoms with Gasteiger partial charge in [0.05, 0.1) is 60.4 Å². The molecule has 24 nitrogen and oxygen atoms in total. The molecule has 0 saturated carbocycles. The van der Waals surface area contributed by atoms with Gasteiger partial charge in [-0.2, -0.15) is 0 Å². The van der Waals surface area contributed by atoms with Crippen LogP contribution in [0.15, 0.2) is 23.2 Å². The highest BCUT2D eigenvalue weighted by Gasteiger charge is 2.45. The molecule has 0 radical (unpaired) electrons. The van der Waals surface area contributed by atoms with Gasteiger partial charge in [-0.3, -0.25) is 47.4 Å². The first kappa shape index (κ1) is 48.8. The number of carbonyl (C=O) groups is 9. The Balaban J connectivity index is 1.73. The summed E-state index contributed by atoms with van der Waals surface area (Å²) in [4.78, 5) is 127. The van der Waals surface area contributed by atoms with Gasteiger partial charge < -0.3 is 73.3 Å². The minimum Gasteiger partial charge on any atom is -0.508 e. The SMILES string of the molecule is CC[C@H](C)[C@@H]1NC(=O)CNC(=O)C2Cc3c([nH]c4cc(O)ccc34)S(=O)CC(NC(=O)CNC1=O)C(=O)N[C@@H](CC(N)=O)C(=O)N1CC(O)C[C@H]1C(=O)N[C@@H]([C@@H](C)[C@@H](O)CO)C(=O)N2. The summed E-state index contributed by atoms with van der Waals surface area (Å²) in [5.74, 6) is -12.1. The maximum absolute atomic E-state index is 14.6. The van der Waals surface area contributed by atoms with Gasteiger partial charge in [0.2, 0.25) is 53.2 Å². The van der Waals surface area contributed by atoms with Crippen LogP contribution in [-0.2, 0) is 60.4 Å². The molecule has 64 heavy (non-hydrogen) atoms. The summed E-state index contributed by atoms with van der Waals surface area (Å²) in [6, 6.07) is -5.99. The van der Waals surface area contributed by atoms with E-state index in [9.17, 15) is 67.8 Å². The smallest absolute Gasteiger partial charge is 0.246 e. The first-order valence-electron chi connectivity index (χ1n) is 20.6. The number of aromatic amines is 1.